The van der Waals surface area contributed by atoms with E-state index >= 15 is 0 Å². The fourth-order valence-electron chi connectivity index (χ4n) is 6.66. The number of carbonyl (C=O) groups is 1. The summed E-state index contributed by atoms with van der Waals surface area (Å²) in [4.78, 5) is 12.4. The third-order valence-corrected chi connectivity index (χ3v) is 10.0. The van der Waals surface area contributed by atoms with Crippen LogP contribution in [0.25, 0.3) is 0 Å². The average Bonchev–Trinajstić information content (AvgIpc) is 3.10. The molecule has 0 aromatic rings. The Bertz CT molecular complexity index is 724. The van der Waals surface area contributed by atoms with Gasteiger partial charge in [-0.2, -0.15) is 0 Å². The number of nitrogens with one attached hydrogen (secondary N) is 1. The molecule has 0 saturated heterocycles. The van der Waals surface area contributed by atoms with E-state index in [-0.39, 0.29) is 12.5 Å². The Morgan fingerprint density at radius 1 is 0.490 bits per heavy atom. The van der Waals surface area contributed by atoms with E-state index in [1.807, 2.05) is 0 Å². The first-order chi connectivity index (χ1) is 24.1. The molecule has 4 N–H and O–H groups in total. The molecule has 0 aliphatic heterocycles. The number of aliphatic hydroxyl groups is 3. The van der Waals surface area contributed by atoms with Crippen LogP contribution in [-0.4, -0.2) is 46.1 Å². The molecule has 3 atom stereocenters. The summed E-state index contributed by atoms with van der Waals surface area (Å²) in [5, 5.41) is 33.3. The van der Waals surface area contributed by atoms with Crippen molar-refractivity contribution in [3.8, 4) is 0 Å². The highest BCUT2D eigenvalue weighted by Gasteiger charge is 2.26. The zero-order chi connectivity index (χ0) is 35.9. The van der Waals surface area contributed by atoms with E-state index in [1.54, 1.807) is 0 Å². The lowest BCUT2D eigenvalue weighted by molar-refractivity contribution is -0.124. The second kappa shape index (κ2) is 39.6. The number of amides is 1. The molecule has 5 heteroatoms. The van der Waals surface area contributed by atoms with E-state index < -0.39 is 18.2 Å². The summed E-state index contributed by atoms with van der Waals surface area (Å²) < 4.78 is 0. The van der Waals surface area contributed by atoms with E-state index in [0.29, 0.717) is 12.8 Å². The van der Waals surface area contributed by atoms with Crippen LogP contribution in [0.15, 0.2) is 24.3 Å². The van der Waals surface area contributed by atoms with Crippen LogP contribution in [0.4, 0.5) is 0 Å². The summed E-state index contributed by atoms with van der Waals surface area (Å²) in [6.45, 7) is 4.09. The molecule has 0 aliphatic carbocycles. The van der Waals surface area contributed by atoms with Crippen molar-refractivity contribution in [3.05, 3.63) is 24.3 Å². The Hall–Kier alpha value is -1.17. The lowest BCUT2D eigenvalue weighted by atomic mass is 10.0. The van der Waals surface area contributed by atoms with Crippen molar-refractivity contribution in [2.24, 2.45) is 0 Å². The van der Waals surface area contributed by atoms with Crippen LogP contribution in [0.3, 0.4) is 0 Å². The molecule has 0 radical (unpaired) electrons. The highest BCUT2D eigenvalue weighted by Crippen LogP contribution is 2.16. The summed E-state index contributed by atoms with van der Waals surface area (Å²) in [7, 11) is 0. The predicted molar refractivity (Wildman–Crippen MR) is 213 cm³/mol. The lowest BCUT2D eigenvalue weighted by Gasteiger charge is -2.26. The van der Waals surface area contributed by atoms with E-state index in [1.165, 1.54) is 148 Å². The molecule has 1 amide bonds. The van der Waals surface area contributed by atoms with Gasteiger partial charge >= 0.3 is 0 Å². The van der Waals surface area contributed by atoms with Gasteiger partial charge in [0.05, 0.1) is 18.8 Å². The maximum absolute atomic E-state index is 12.4. The van der Waals surface area contributed by atoms with Crippen LogP contribution in [-0.2, 0) is 4.79 Å². The molecule has 0 saturated carbocycles. The first kappa shape index (κ1) is 47.8. The third-order valence-electron chi connectivity index (χ3n) is 10.0. The molecule has 0 heterocycles. The van der Waals surface area contributed by atoms with Crippen molar-refractivity contribution in [1.29, 1.82) is 0 Å². The van der Waals surface area contributed by atoms with Gasteiger partial charge in [-0.3, -0.25) is 4.79 Å². The molecule has 0 aromatic carbocycles. The van der Waals surface area contributed by atoms with Crippen molar-refractivity contribution in [3.63, 3.8) is 0 Å². The molecule has 0 aliphatic rings. The number of allylic oxidation sites excluding steroid dienone is 4. The quantitative estimate of drug-likeness (QED) is 0.0381. The van der Waals surface area contributed by atoms with Gasteiger partial charge in [-0.25, -0.2) is 0 Å². The van der Waals surface area contributed by atoms with Crippen LogP contribution in [0, 0.1) is 0 Å². The van der Waals surface area contributed by atoms with E-state index in [4.69, 9.17) is 0 Å². The molecule has 0 spiro atoms. The molecular formula is C44H85NO4. The molecule has 3 unspecified atom stereocenters. The normalized spacial score (nSPS) is 13.8. The van der Waals surface area contributed by atoms with E-state index in [0.717, 1.165) is 51.4 Å². The Labute approximate surface area is 305 Å². The maximum atomic E-state index is 12.4. The number of unbranched alkanes of at least 4 members (excludes halogenated alkanes) is 27. The van der Waals surface area contributed by atoms with Crippen LogP contribution in [0.2, 0.25) is 0 Å². The number of hydrogen-bond donors (Lipinski definition) is 4. The molecule has 49 heavy (non-hydrogen) atoms. The largest absolute Gasteiger partial charge is 0.394 e. The topological polar surface area (TPSA) is 89.8 Å². The van der Waals surface area contributed by atoms with Gasteiger partial charge in [-0.05, 0) is 44.9 Å². The van der Waals surface area contributed by atoms with Gasteiger partial charge < -0.3 is 20.6 Å². The molecular weight excluding hydrogens is 606 g/mol. The second-order valence-corrected chi connectivity index (χ2v) is 14.9. The number of carbonyl (C=O) groups excluding carboxylic acids is 1. The van der Waals surface area contributed by atoms with Gasteiger partial charge in [-0.1, -0.05) is 199 Å². The highest BCUT2D eigenvalue weighted by atomic mass is 16.3. The SMILES string of the molecule is CCC/C=C/CC/C=C/CCCC(O)C(O)C(CO)NC(=O)CCCCCCCCCCCCCCCCCCCCCCCCCCC. The van der Waals surface area contributed by atoms with Gasteiger partial charge in [-0.15, -0.1) is 0 Å². The van der Waals surface area contributed by atoms with Crippen molar-refractivity contribution in [2.45, 2.75) is 244 Å². The summed E-state index contributed by atoms with van der Waals surface area (Å²) in [5.41, 5.74) is 0. The molecule has 0 aromatic heterocycles. The molecule has 5 nitrogen and oxygen atoms in total. The minimum atomic E-state index is -1.16. The number of rotatable bonds is 39. The van der Waals surface area contributed by atoms with Crippen molar-refractivity contribution >= 4 is 5.91 Å². The first-order valence-electron chi connectivity index (χ1n) is 21.6. The van der Waals surface area contributed by atoms with Crippen LogP contribution in [0.5, 0.6) is 0 Å². The lowest BCUT2D eigenvalue weighted by Crippen LogP contribution is -2.50. The molecule has 0 fully saturated rings. The van der Waals surface area contributed by atoms with Gasteiger partial charge in [0.1, 0.15) is 6.10 Å². The Morgan fingerprint density at radius 2 is 0.857 bits per heavy atom. The zero-order valence-electron chi connectivity index (χ0n) is 32.8. The van der Waals surface area contributed by atoms with Gasteiger partial charge in [0.25, 0.3) is 0 Å². The zero-order valence-corrected chi connectivity index (χ0v) is 32.8. The number of hydrogen-bond acceptors (Lipinski definition) is 4. The van der Waals surface area contributed by atoms with Gasteiger partial charge in [0.15, 0.2) is 0 Å². The van der Waals surface area contributed by atoms with Gasteiger partial charge in [0.2, 0.25) is 5.91 Å². The Balaban J connectivity index is 3.54. The van der Waals surface area contributed by atoms with E-state index in [2.05, 4.69) is 43.5 Å². The minimum Gasteiger partial charge on any atom is -0.394 e. The van der Waals surface area contributed by atoms with Crippen LogP contribution >= 0.6 is 0 Å². The number of aliphatic hydroxyl groups excluding tert-OH is 3. The van der Waals surface area contributed by atoms with Crippen molar-refractivity contribution < 1.29 is 20.1 Å². The molecule has 0 rings (SSSR count). The minimum absolute atomic E-state index is 0.157. The van der Waals surface area contributed by atoms with Crippen LogP contribution in [0.1, 0.15) is 226 Å². The second-order valence-electron chi connectivity index (χ2n) is 14.9. The first-order valence-corrected chi connectivity index (χ1v) is 21.6. The predicted octanol–water partition coefficient (Wildman–Crippen LogP) is 12.2. The highest BCUT2D eigenvalue weighted by molar-refractivity contribution is 5.76. The summed E-state index contributed by atoms with van der Waals surface area (Å²) in [5.74, 6) is -0.157. The van der Waals surface area contributed by atoms with Gasteiger partial charge in [0, 0.05) is 6.42 Å². The molecule has 290 valence electrons. The maximum Gasteiger partial charge on any atom is 0.220 e. The molecule has 0 bridgehead atoms. The Morgan fingerprint density at radius 3 is 1.24 bits per heavy atom. The van der Waals surface area contributed by atoms with Crippen molar-refractivity contribution in [2.75, 3.05) is 6.61 Å². The average molecular weight is 692 g/mol. The fraction of sp³-hybridized carbons (Fsp3) is 0.886. The monoisotopic (exact) mass is 692 g/mol. The smallest absolute Gasteiger partial charge is 0.220 e. The standard InChI is InChI=1S/C44H85NO4/c1-3-5-7-9-11-13-15-16-17-18-19-20-21-22-23-24-25-26-27-28-29-31-33-35-37-39-43(48)45-41(40-46)44(49)42(47)38-36-34-32-30-14-12-10-8-6-4-2/h8,10,30,32,41-42,44,46-47,49H,3-7,9,11-29,31,33-40H2,1-2H3,(H,45,48)/b10-8+,32-30+. The van der Waals surface area contributed by atoms with Crippen molar-refractivity contribution in [1.82, 2.24) is 5.32 Å². The Kier molecular flexibility index (Phi) is 38.7. The fourth-order valence-corrected chi connectivity index (χ4v) is 6.66. The van der Waals surface area contributed by atoms with E-state index in [9.17, 15) is 20.1 Å². The third kappa shape index (κ3) is 35.0. The summed E-state index contributed by atoms with van der Waals surface area (Å²) >= 11 is 0. The summed E-state index contributed by atoms with van der Waals surface area (Å²) in [6.07, 6.45) is 47.4. The summed E-state index contributed by atoms with van der Waals surface area (Å²) in [6, 6.07) is -0.827. The van der Waals surface area contributed by atoms with Crippen LogP contribution < -0.4 is 5.32 Å².